The minimum Gasteiger partial charge on any atom is -0.506 e. The fourth-order valence-electron chi connectivity index (χ4n) is 2.11. The quantitative estimate of drug-likeness (QED) is 0.506. The van der Waals surface area contributed by atoms with Crippen molar-refractivity contribution in [3.63, 3.8) is 0 Å². The van der Waals surface area contributed by atoms with E-state index in [1.807, 2.05) is 0 Å². The smallest absolute Gasteiger partial charge is 0.273 e. The average molecular weight is 339 g/mol. The molecule has 0 aliphatic rings. The number of nitro benzene ring substituents is 1. The highest BCUT2D eigenvalue weighted by atomic mass is 35.5. The molecule has 1 atom stereocenters. The SMILES string of the molecule is Cc1nn(C(C)C(=O)Nc2ccc([N+](=O)[O-])cc2O)c(C)c1Cl. The van der Waals surface area contributed by atoms with Crippen LogP contribution in [-0.2, 0) is 4.79 Å². The largest absolute Gasteiger partial charge is 0.506 e. The summed E-state index contributed by atoms with van der Waals surface area (Å²) in [5.74, 6) is -0.817. The van der Waals surface area contributed by atoms with Gasteiger partial charge >= 0.3 is 0 Å². The first-order chi connectivity index (χ1) is 10.7. The number of anilines is 1. The number of aromatic nitrogens is 2. The molecule has 23 heavy (non-hydrogen) atoms. The Morgan fingerprint density at radius 1 is 1.48 bits per heavy atom. The molecule has 0 fully saturated rings. The number of hydrogen-bond donors (Lipinski definition) is 2. The molecule has 122 valence electrons. The second-order valence-electron chi connectivity index (χ2n) is 5.05. The molecule has 0 bridgehead atoms. The van der Waals surface area contributed by atoms with Gasteiger partial charge in [-0.3, -0.25) is 19.6 Å². The minimum atomic E-state index is -0.671. The molecular weight excluding hydrogens is 324 g/mol. The Morgan fingerprint density at radius 3 is 2.61 bits per heavy atom. The van der Waals surface area contributed by atoms with Crippen LogP contribution in [0.2, 0.25) is 5.02 Å². The molecule has 1 heterocycles. The standard InChI is InChI=1S/C14H15ClN4O4/c1-7-13(15)8(2)18(17-7)9(3)14(21)16-11-5-4-10(19(22)23)6-12(11)20/h4-6,9,20H,1-3H3,(H,16,21). The molecule has 9 heteroatoms. The summed E-state index contributed by atoms with van der Waals surface area (Å²) >= 11 is 6.06. The number of hydrogen-bond acceptors (Lipinski definition) is 5. The van der Waals surface area contributed by atoms with Crippen LogP contribution < -0.4 is 5.32 Å². The van der Waals surface area contributed by atoms with Gasteiger partial charge in [0.1, 0.15) is 11.8 Å². The number of non-ortho nitro benzene ring substituents is 1. The van der Waals surface area contributed by atoms with Crippen LogP contribution in [0.1, 0.15) is 24.4 Å². The molecule has 0 radical (unpaired) electrons. The lowest BCUT2D eigenvalue weighted by molar-refractivity contribution is -0.384. The van der Waals surface area contributed by atoms with E-state index in [-0.39, 0.29) is 17.1 Å². The van der Waals surface area contributed by atoms with Gasteiger partial charge in [0, 0.05) is 6.07 Å². The lowest BCUT2D eigenvalue weighted by Gasteiger charge is -2.15. The van der Waals surface area contributed by atoms with E-state index in [1.165, 1.54) is 16.8 Å². The van der Waals surface area contributed by atoms with Crippen molar-refractivity contribution < 1.29 is 14.8 Å². The first-order valence-corrected chi connectivity index (χ1v) is 7.09. The van der Waals surface area contributed by atoms with Crippen molar-refractivity contribution in [3.05, 3.63) is 44.7 Å². The second-order valence-corrected chi connectivity index (χ2v) is 5.43. The van der Waals surface area contributed by atoms with Gasteiger partial charge in [0.15, 0.2) is 0 Å². The maximum atomic E-state index is 12.3. The maximum Gasteiger partial charge on any atom is 0.273 e. The fraction of sp³-hybridized carbons (Fsp3) is 0.286. The molecule has 2 aromatic rings. The molecule has 8 nitrogen and oxygen atoms in total. The van der Waals surface area contributed by atoms with Crippen LogP contribution in [-0.4, -0.2) is 25.7 Å². The Morgan fingerprint density at radius 2 is 2.13 bits per heavy atom. The molecule has 1 aromatic carbocycles. The highest BCUT2D eigenvalue weighted by molar-refractivity contribution is 6.31. The topological polar surface area (TPSA) is 110 Å². The summed E-state index contributed by atoms with van der Waals surface area (Å²) in [6.45, 7) is 5.11. The van der Waals surface area contributed by atoms with Crippen LogP contribution in [0.15, 0.2) is 18.2 Å². The van der Waals surface area contributed by atoms with E-state index in [4.69, 9.17) is 11.6 Å². The second kappa shape index (κ2) is 6.25. The van der Waals surface area contributed by atoms with E-state index in [2.05, 4.69) is 10.4 Å². The van der Waals surface area contributed by atoms with Crippen molar-refractivity contribution >= 4 is 28.9 Å². The molecule has 0 aliphatic heterocycles. The van der Waals surface area contributed by atoms with Crippen LogP contribution in [0.3, 0.4) is 0 Å². The third-order valence-electron chi connectivity index (χ3n) is 3.43. The third kappa shape index (κ3) is 3.26. The summed E-state index contributed by atoms with van der Waals surface area (Å²) < 4.78 is 1.48. The summed E-state index contributed by atoms with van der Waals surface area (Å²) in [6, 6.07) is 2.77. The summed E-state index contributed by atoms with van der Waals surface area (Å²) in [5, 5.41) is 27.6. The van der Waals surface area contributed by atoms with Gasteiger partial charge in [-0.2, -0.15) is 5.10 Å². The number of nitro groups is 1. The summed E-state index contributed by atoms with van der Waals surface area (Å²) in [7, 11) is 0. The van der Waals surface area contributed by atoms with E-state index in [1.54, 1.807) is 20.8 Å². The first kappa shape index (κ1) is 16.8. The van der Waals surface area contributed by atoms with Crippen LogP contribution >= 0.6 is 11.6 Å². The average Bonchev–Trinajstić information content (AvgIpc) is 2.75. The number of nitrogens with zero attached hydrogens (tertiary/aromatic N) is 3. The monoisotopic (exact) mass is 338 g/mol. The minimum absolute atomic E-state index is 0.0834. The Hall–Kier alpha value is -2.61. The summed E-state index contributed by atoms with van der Waals surface area (Å²) in [5.41, 5.74) is 1.08. The van der Waals surface area contributed by atoms with Gasteiger partial charge in [0.2, 0.25) is 5.91 Å². The molecule has 1 amide bonds. The van der Waals surface area contributed by atoms with Crippen molar-refractivity contribution in [1.29, 1.82) is 0 Å². The van der Waals surface area contributed by atoms with Gasteiger partial charge in [-0.1, -0.05) is 11.6 Å². The predicted octanol–water partition coefficient (Wildman–Crippen LogP) is 2.97. The van der Waals surface area contributed by atoms with Crippen molar-refractivity contribution in [3.8, 4) is 5.75 Å². The molecule has 0 spiro atoms. The van der Waals surface area contributed by atoms with Gasteiger partial charge < -0.3 is 10.4 Å². The Balaban J connectivity index is 2.21. The number of phenols is 1. The Bertz CT molecular complexity index is 787. The van der Waals surface area contributed by atoms with E-state index in [0.717, 1.165) is 6.07 Å². The predicted molar refractivity (Wildman–Crippen MR) is 84.8 cm³/mol. The van der Waals surface area contributed by atoms with Gasteiger partial charge in [-0.25, -0.2) is 0 Å². The number of halogens is 1. The molecule has 0 saturated carbocycles. The number of phenolic OH excluding ortho intramolecular Hbond substituents is 1. The lowest BCUT2D eigenvalue weighted by atomic mass is 10.2. The zero-order valence-electron chi connectivity index (χ0n) is 12.7. The Labute approximate surface area is 136 Å². The maximum absolute atomic E-state index is 12.3. The summed E-state index contributed by atoms with van der Waals surface area (Å²) in [4.78, 5) is 22.3. The van der Waals surface area contributed by atoms with Crippen molar-refractivity contribution in [2.75, 3.05) is 5.32 Å². The van der Waals surface area contributed by atoms with E-state index in [9.17, 15) is 20.0 Å². The highest BCUT2D eigenvalue weighted by Gasteiger charge is 2.22. The normalized spacial score (nSPS) is 12.0. The zero-order chi connectivity index (χ0) is 17.3. The van der Waals surface area contributed by atoms with Crippen molar-refractivity contribution in [2.45, 2.75) is 26.8 Å². The number of carbonyl (C=O) groups excluding carboxylic acids is 1. The highest BCUT2D eigenvalue weighted by Crippen LogP contribution is 2.29. The number of rotatable bonds is 4. The molecule has 1 aromatic heterocycles. The van der Waals surface area contributed by atoms with Crippen molar-refractivity contribution in [1.82, 2.24) is 9.78 Å². The van der Waals surface area contributed by atoms with E-state index < -0.39 is 16.9 Å². The molecule has 2 N–H and O–H groups in total. The third-order valence-corrected chi connectivity index (χ3v) is 3.98. The van der Waals surface area contributed by atoms with Crippen LogP contribution in [0.5, 0.6) is 5.75 Å². The van der Waals surface area contributed by atoms with Crippen LogP contribution in [0.25, 0.3) is 0 Å². The van der Waals surface area contributed by atoms with Gasteiger partial charge in [-0.05, 0) is 26.8 Å². The van der Waals surface area contributed by atoms with Crippen molar-refractivity contribution in [2.24, 2.45) is 0 Å². The fourth-order valence-corrected chi connectivity index (χ4v) is 2.23. The number of amides is 1. The van der Waals surface area contributed by atoms with Crippen LogP contribution in [0.4, 0.5) is 11.4 Å². The number of aromatic hydroxyl groups is 1. The first-order valence-electron chi connectivity index (χ1n) is 6.71. The number of benzene rings is 1. The van der Waals surface area contributed by atoms with Gasteiger partial charge in [0.25, 0.3) is 5.69 Å². The molecule has 1 unspecified atom stereocenters. The van der Waals surface area contributed by atoms with Gasteiger partial charge in [0.05, 0.1) is 33.1 Å². The Kier molecular flexibility index (Phi) is 4.55. The lowest BCUT2D eigenvalue weighted by Crippen LogP contribution is -2.25. The number of nitrogens with one attached hydrogen (secondary N) is 1. The van der Waals surface area contributed by atoms with E-state index >= 15 is 0 Å². The van der Waals surface area contributed by atoms with E-state index in [0.29, 0.717) is 16.4 Å². The molecule has 0 aliphatic carbocycles. The zero-order valence-corrected chi connectivity index (χ0v) is 13.5. The molecule has 2 rings (SSSR count). The van der Waals surface area contributed by atoms with Crippen LogP contribution in [0, 0.1) is 24.0 Å². The van der Waals surface area contributed by atoms with Gasteiger partial charge in [-0.15, -0.1) is 0 Å². The number of aryl methyl sites for hydroxylation is 1. The number of carbonyl (C=O) groups is 1. The summed E-state index contributed by atoms with van der Waals surface area (Å²) in [6.07, 6.45) is 0. The molecule has 0 saturated heterocycles. The molecular formula is C14H15ClN4O4.